The minimum absolute atomic E-state index is 0.0159. The molecule has 52 heavy (non-hydrogen) atoms. The van der Waals surface area contributed by atoms with Crippen LogP contribution in [0, 0.1) is 46.3 Å². The summed E-state index contributed by atoms with van der Waals surface area (Å²) in [5.74, 6) is 1.70. The molecule has 0 aromatic heterocycles. The lowest BCUT2D eigenvalue weighted by atomic mass is 9.47. The molecule has 4 heterocycles. The molecule has 0 amide bonds. The second-order valence-electron chi connectivity index (χ2n) is 18.4. The first kappa shape index (κ1) is 38.1. The molecule has 4 aliphatic carbocycles. The zero-order chi connectivity index (χ0) is 37.1. The van der Waals surface area contributed by atoms with Crippen LogP contribution in [-0.4, -0.2) is 134 Å². The van der Waals surface area contributed by atoms with Crippen LogP contribution < -0.4 is 0 Å². The molecule has 0 aromatic rings. The van der Waals surface area contributed by atoms with Crippen LogP contribution >= 0.6 is 0 Å². The molecule has 4 aliphatic heterocycles. The van der Waals surface area contributed by atoms with Crippen LogP contribution in [0.1, 0.15) is 86.0 Å². The highest BCUT2D eigenvalue weighted by Gasteiger charge is 2.69. The number of ether oxygens (including phenoxy) is 6. The first-order chi connectivity index (χ1) is 24.6. The van der Waals surface area contributed by atoms with E-state index in [1.165, 1.54) is 12.5 Å². The van der Waals surface area contributed by atoms with Crippen LogP contribution in [0.3, 0.4) is 0 Å². The first-order valence-electron chi connectivity index (χ1n) is 19.9. The number of fused-ring (bicyclic) bond motifs is 7. The molecule has 4 saturated heterocycles. The predicted molar refractivity (Wildman–Crippen MR) is 183 cm³/mol. The van der Waals surface area contributed by atoms with Gasteiger partial charge in [-0.3, -0.25) is 0 Å². The molecule has 8 rings (SSSR count). The molecule has 296 valence electrons. The number of hydrogen-bond acceptors (Lipinski definition) is 13. The third-order valence-electron chi connectivity index (χ3n) is 15.7. The fraction of sp³-hybridized carbons (Fsp3) is 0.949. The molecule has 0 unspecified atom stereocenters. The molecule has 7 N–H and O–H groups in total. The highest BCUT2D eigenvalue weighted by atomic mass is 16.8. The second-order valence-corrected chi connectivity index (χ2v) is 18.4. The normalized spacial score (nSPS) is 58.9. The van der Waals surface area contributed by atoms with Crippen molar-refractivity contribution in [2.45, 2.75) is 171 Å². The van der Waals surface area contributed by atoms with E-state index in [2.05, 4.69) is 26.8 Å². The molecule has 0 radical (unpaired) electrons. The Balaban J connectivity index is 0.964. The summed E-state index contributed by atoms with van der Waals surface area (Å²) in [6.45, 7) is 10.8. The number of allylic oxidation sites excluding steroid dienone is 1. The molecule has 7 fully saturated rings. The monoisotopic (exact) mass is 738 g/mol. The van der Waals surface area contributed by atoms with E-state index in [1.54, 1.807) is 0 Å². The summed E-state index contributed by atoms with van der Waals surface area (Å²) in [6, 6.07) is 0. The molecule has 0 bridgehead atoms. The van der Waals surface area contributed by atoms with Crippen LogP contribution in [0.15, 0.2) is 11.6 Å². The Kier molecular flexibility index (Phi) is 10.0. The van der Waals surface area contributed by atoms with Crippen LogP contribution in [0.4, 0.5) is 0 Å². The molecule has 1 spiro atoms. The van der Waals surface area contributed by atoms with E-state index in [-0.39, 0.29) is 34.9 Å². The maximum atomic E-state index is 11.1. The van der Waals surface area contributed by atoms with Crippen molar-refractivity contribution in [3.8, 4) is 0 Å². The Bertz CT molecular complexity index is 1350. The van der Waals surface area contributed by atoms with Gasteiger partial charge in [-0.1, -0.05) is 39.3 Å². The molecule has 13 nitrogen and oxygen atoms in total. The largest absolute Gasteiger partial charge is 0.394 e. The SMILES string of the molecule is C[C@@H]1O[C@H](O[C@@H]2[C@@H](O[C@H]3CC[C@@]4(C)C(=CC[C@H]5[C@@H]6C[C@@H]7O[C@@]8(C[C@H](O)[C@@H](C)CO8)[C@@H](C)[C@@H]7[C@]6(C)CC[C@@H]54)C3)O[C@@H](CO)[C@H](O)[C@H]2O)[C@@H](O)[C@H](O)[C@H]1O. The van der Waals surface area contributed by atoms with Gasteiger partial charge in [0.2, 0.25) is 0 Å². The van der Waals surface area contributed by atoms with Crippen LogP contribution in [-0.2, 0) is 28.4 Å². The number of rotatable bonds is 5. The van der Waals surface area contributed by atoms with Gasteiger partial charge in [0, 0.05) is 18.3 Å². The topological polar surface area (TPSA) is 197 Å². The number of aliphatic hydroxyl groups is 7. The lowest BCUT2D eigenvalue weighted by molar-refractivity contribution is -0.369. The van der Waals surface area contributed by atoms with Crippen molar-refractivity contribution in [1.29, 1.82) is 0 Å². The van der Waals surface area contributed by atoms with Crippen molar-refractivity contribution in [2.75, 3.05) is 13.2 Å². The Morgan fingerprint density at radius 2 is 1.62 bits per heavy atom. The standard InChI is InChI=1S/C39H62O13/c1-17-16-47-39(14-25(17)41)18(2)28-26(52-39)13-24-22-7-6-20-12-21(8-10-37(20,4)23(22)9-11-38(24,28)5)49-36-34(32(45)30(43)27(15-40)50-36)51-35-33(46)31(44)29(42)19(3)48-35/h6,17-19,21-36,40-46H,7-16H2,1-5H3/t17-,18-,19-,21-,22+,23-,24-,25-,26-,27-,28-,29-,30-,31+,32+,33-,34-,35+,36-,37-,38+,39-/m0/s1. The van der Waals surface area contributed by atoms with E-state index in [1.807, 2.05) is 6.92 Å². The summed E-state index contributed by atoms with van der Waals surface area (Å²) in [5, 5.41) is 73.7. The van der Waals surface area contributed by atoms with E-state index in [9.17, 15) is 35.7 Å². The minimum atomic E-state index is -1.62. The van der Waals surface area contributed by atoms with Gasteiger partial charge >= 0.3 is 0 Å². The van der Waals surface area contributed by atoms with Gasteiger partial charge in [-0.2, -0.15) is 0 Å². The maximum absolute atomic E-state index is 11.1. The van der Waals surface area contributed by atoms with Gasteiger partial charge in [0.25, 0.3) is 0 Å². The molecule has 0 aromatic carbocycles. The van der Waals surface area contributed by atoms with Crippen molar-refractivity contribution < 1.29 is 64.2 Å². The predicted octanol–water partition coefficient (Wildman–Crippen LogP) is 1.36. The molecule has 13 heteroatoms. The Morgan fingerprint density at radius 1 is 0.846 bits per heavy atom. The van der Waals surface area contributed by atoms with E-state index in [0.717, 1.165) is 38.5 Å². The van der Waals surface area contributed by atoms with E-state index >= 15 is 0 Å². The van der Waals surface area contributed by atoms with E-state index < -0.39 is 79.9 Å². The average molecular weight is 739 g/mol. The van der Waals surface area contributed by atoms with Crippen molar-refractivity contribution in [3.05, 3.63) is 11.6 Å². The highest BCUT2D eigenvalue weighted by Crippen LogP contribution is 2.70. The Hall–Kier alpha value is -0.780. The third-order valence-corrected chi connectivity index (χ3v) is 15.7. The van der Waals surface area contributed by atoms with Gasteiger partial charge in [-0.15, -0.1) is 0 Å². The first-order valence-corrected chi connectivity index (χ1v) is 19.9. The van der Waals surface area contributed by atoms with Crippen LogP contribution in [0.2, 0.25) is 0 Å². The molecular weight excluding hydrogens is 676 g/mol. The molecule has 3 saturated carbocycles. The summed E-state index contributed by atoms with van der Waals surface area (Å²) >= 11 is 0. The zero-order valence-corrected chi connectivity index (χ0v) is 31.2. The quantitative estimate of drug-likeness (QED) is 0.200. The Labute approximate surface area is 306 Å². The summed E-state index contributed by atoms with van der Waals surface area (Å²) in [4.78, 5) is 0. The summed E-state index contributed by atoms with van der Waals surface area (Å²) < 4.78 is 37.4. The molecule has 8 aliphatic rings. The Morgan fingerprint density at radius 3 is 2.35 bits per heavy atom. The van der Waals surface area contributed by atoms with E-state index in [0.29, 0.717) is 43.1 Å². The highest BCUT2D eigenvalue weighted by molar-refractivity contribution is 5.26. The van der Waals surface area contributed by atoms with Gasteiger partial charge < -0.3 is 64.2 Å². The van der Waals surface area contributed by atoms with Gasteiger partial charge in [-0.25, -0.2) is 0 Å². The number of aliphatic hydroxyl groups excluding tert-OH is 7. The lowest BCUT2D eigenvalue weighted by Crippen LogP contribution is -2.64. The van der Waals surface area contributed by atoms with Gasteiger partial charge in [-0.05, 0) is 86.4 Å². The fourth-order valence-corrected chi connectivity index (χ4v) is 12.5. The summed E-state index contributed by atoms with van der Waals surface area (Å²) in [5.41, 5.74) is 1.54. The van der Waals surface area contributed by atoms with Crippen LogP contribution in [0.5, 0.6) is 0 Å². The summed E-state index contributed by atoms with van der Waals surface area (Å²) in [7, 11) is 0. The molecular formula is C39H62O13. The van der Waals surface area contributed by atoms with Crippen molar-refractivity contribution >= 4 is 0 Å². The summed E-state index contributed by atoms with van der Waals surface area (Å²) in [6.07, 6.45) is -4.35. The third kappa shape index (κ3) is 5.82. The maximum Gasteiger partial charge on any atom is 0.187 e. The smallest absolute Gasteiger partial charge is 0.187 e. The van der Waals surface area contributed by atoms with Crippen molar-refractivity contribution in [3.63, 3.8) is 0 Å². The van der Waals surface area contributed by atoms with Crippen molar-refractivity contribution in [2.24, 2.45) is 46.3 Å². The lowest BCUT2D eigenvalue weighted by Gasteiger charge is -2.59. The second kappa shape index (κ2) is 13.7. The van der Waals surface area contributed by atoms with Crippen LogP contribution in [0.25, 0.3) is 0 Å². The molecule has 22 atom stereocenters. The van der Waals surface area contributed by atoms with Crippen molar-refractivity contribution in [1.82, 2.24) is 0 Å². The minimum Gasteiger partial charge on any atom is -0.394 e. The van der Waals surface area contributed by atoms with E-state index in [4.69, 9.17) is 28.4 Å². The average Bonchev–Trinajstić information content (AvgIpc) is 3.56. The zero-order valence-electron chi connectivity index (χ0n) is 31.2. The van der Waals surface area contributed by atoms with Gasteiger partial charge in [0.15, 0.2) is 18.4 Å². The van der Waals surface area contributed by atoms with Gasteiger partial charge in [0.05, 0.1) is 37.6 Å². The fourth-order valence-electron chi connectivity index (χ4n) is 12.5. The number of hydrogen-bond donors (Lipinski definition) is 7. The van der Waals surface area contributed by atoms with Gasteiger partial charge in [0.1, 0.15) is 42.7 Å².